The Balaban J connectivity index is 2.28. The number of nitrogen functional groups attached to an aromatic ring is 1. The highest BCUT2D eigenvalue weighted by Crippen LogP contribution is 2.28. The van der Waals surface area contributed by atoms with Crippen LogP contribution in [0.1, 0.15) is 37.0 Å². The summed E-state index contributed by atoms with van der Waals surface area (Å²) in [5, 5.41) is 0.549. The number of carbonyl (C=O) groups is 1. The van der Waals surface area contributed by atoms with Crippen molar-refractivity contribution in [2.75, 3.05) is 12.3 Å². The van der Waals surface area contributed by atoms with Gasteiger partial charge < -0.3 is 10.6 Å². The Labute approximate surface area is 113 Å². The SMILES string of the molecule is CC(C)C1CCCN1C(=O)c1cc(Cl)ccc1N. The van der Waals surface area contributed by atoms with Gasteiger partial charge in [-0.3, -0.25) is 4.79 Å². The van der Waals surface area contributed by atoms with Gasteiger partial charge in [0.25, 0.3) is 5.91 Å². The van der Waals surface area contributed by atoms with Gasteiger partial charge in [-0.2, -0.15) is 0 Å². The summed E-state index contributed by atoms with van der Waals surface area (Å²) < 4.78 is 0. The average Bonchev–Trinajstić information content (AvgIpc) is 2.80. The van der Waals surface area contributed by atoms with Crippen molar-refractivity contribution in [3.8, 4) is 0 Å². The molecule has 1 aliphatic rings. The first-order chi connectivity index (χ1) is 8.50. The van der Waals surface area contributed by atoms with E-state index in [9.17, 15) is 4.79 Å². The van der Waals surface area contributed by atoms with Gasteiger partial charge in [0.1, 0.15) is 0 Å². The number of hydrogen-bond donors (Lipinski definition) is 1. The zero-order valence-electron chi connectivity index (χ0n) is 10.8. The van der Waals surface area contributed by atoms with Gasteiger partial charge in [-0.15, -0.1) is 0 Å². The average molecular weight is 267 g/mol. The molecule has 0 saturated carbocycles. The quantitative estimate of drug-likeness (QED) is 0.836. The Hall–Kier alpha value is -1.22. The van der Waals surface area contributed by atoms with Gasteiger partial charge in [0, 0.05) is 23.3 Å². The van der Waals surface area contributed by atoms with Gasteiger partial charge in [-0.1, -0.05) is 25.4 Å². The van der Waals surface area contributed by atoms with Crippen LogP contribution >= 0.6 is 11.6 Å². The normalized spacial score (nSPS) is 19.6. The number of nitrogens with two attached hydrogens (primary N) is 1. The Morgan fingerprint density at radius 3 is 2.89 bits per heavy atom. The Kier molecular flexibility index (Phi) is 3.81. The summed E-state index contributed by atoms with van der Waals surface area (Å²) in [4.78, 5) is 14.5. The smallest absolute Gasteiger partial charge is 0.256 e. The molecule has 1 amide bonds. The number of anilines is 1. The first kappa shape index (κ1) is 13.2. The Bertz CT molecular complexity index is 459. The maximum absolute atomic E-state index is 12.5. The van der Waals surface area contributed by atoms with Gasteiger partial charge in [-0.25, -0.2) is 0 Å². The molecule has 1 aromatic carbocycles. The number of amides is 1. The van der Waals surface area contributed by atoms with E-state index in [-0.39, 0.29) is 5.91 Å². The number of rotatable bonds is 2. The van der Waals surface area contributed by atoms with Crippen molar-refractivity contribution in [3.63, 3.8) is 0 Å². The maximum Gasteiger partial charge on any atom is 0.256 e. The van der Waals surface area contributed by atoms with E-state index in [1.165, 1.54) is 0 Å². The van der Waals surface area contributed by atoms with Crippen LogP contribution in [0.4, 0.5) is 5.69 Å². The number of carbonyl (C=O) groups excluding carboxylic acids is 1. The number of nitrogens with zero attached hydrogens (tertiary/aromatic N) is 1. The minimum atomic E-state index is 0.00574. The first-order valence-electron chi connectivity index (χ1n) is 6.36. The fourth-order valence-corrected chi connectivity index (χ4v) is 2.78. The lowest BCUT2D eigenvalue weighted by atomic mass is 10.0. The Morgan fingerprint density at radius 2 is 2.22 bits per heavy atom. The fraction of sp³-hybridized carbons (Fsp3) is 0.500. The second-order valence-corrected chi connectivity index (χ2v) is 5.62. The molecule has 2 N–H and O–H groups in total. The van der Waals surface area contributed by atoms with Gasteiger partial charge >= 0.3 is 0 Å². The summed E-state index contributed by atoms with van der Waals surface area (Å²) in [6.07, 6.45) is 2.14. The van der Waals surface area contributed by atoms with E-state index >= 15 is 0 Å². The third kappa shape index (κ3) is 2.46. The molecule has 1 unspecified atom stereocenters. The van der Waals surface area contributed by atoms with Gasteiger partial charge in [0.15, 0.2) is 0 Å². The number of likely N-dealkylation sites (tertiary alicyclic amines) is 1. The summed E-state index contributed by atoms with van der Waals surface area (Å²) >= 11 is 5.94. The predicted octanol–water partition coefficient (Wildman–Crippen LogP) is 3.18. The van der Waals surface area contributed by atoms with E-state index in [4.69, 9.17) is 17.3 Å². The molecule has 0 aromatic heterocycles. The molecule has 1 aliphatic heterocycles. The van der Waals surface area contributed by atoms with Crippen LogP contribution in [0, 0.1) is 5.92 Å². The molecule has 98 valence electrons. The van der Waals surface area contributed by atoms with Crippen molar-refractivity contribution in [2.45, 2.75) is 32.7 Å². The van der Waals surface area contributed by atoms with Crippen molar-refractivity contribution in [3.05, 3.63) is 28.8 Å². The predicted molar refractivity (Wildman–Crippen MR) is 74.8 cm³/mol. The molecule has 1 aromatic rings. The van der Waals surface area contributed by atoms with Crippen molar-refractivity contribution >= 4 is 23.2 Å². The highest BCUT2D eigenvalue weighted by Gasteiger charge is 2.32. The molecule has 1 saturated heterocycles. The Morgan fingerprint density at radius 1 is 1.50 bits per heavy atom. The highest BCUT2D eigenvalue weighted by atomic mass is 35.5. The summed E-state index contributed by atoms with van der Waals surface area (Å²) in [6.45, 7) is 5.11. The van der Waals surface area contributed by atoms with Gasteiger partial charge in [0.2, 0.25) is 0 Å². The number of hydrogen-bond acceptors (Lipinski definition) is 2. The van der Waals surface area contributed by atoms with Crippen molar-refractivity contribution < 1.29 is 4.79 Å². The van der Waals surface area contributed by atoms with Crippen LogP contribution in [-0.2, 0) is 0 Å². The van der Waals surface area contributed by atoms with E-state index in [1.807, 2.05) is 4.90 Å². The molecule has 3 nitrogen and oxygen atoms in total. The van der Waals surface area contributed by atoms with E-state index in [0.29, 0.717) is 28.2 Å². The highest BCUT2D eigenvalue weighted by molar-refractivity contribution is 6.31. The second kappa shape index (κ2) is 5.19. The summed E-state index contributed by atoms with van der Waals surface area (Å²) in [5.74, 6) is 0.475. The molecule has 0 spiro atoms. The zero-order chi connectivity index (χ0) is 13.3. The van der Waals surface area contributed by atoms with Gasteiger partial charge in [-0.05, 0) is 37.0 Å². The standard InChI is InChI=1S/C14H19ClN2O/c1-9(2)13-4-3-7-17(13)14(18)11-8-10(15)5-6-12(11)16/h5-6,8-9,13H,3-4,7,16H2,1-2H3. The summed E-state index contributed by atoms with van der Waals surface area (Å²) in [5.41, 5.74) is 6.90. The molecule has 2 rings (SSSR count). The molecule has 1 fully saturated rings. The number of benzene rings is 1. The summed E-state index contributed by atoms with van der Waals surface area (Å²) in [6, 6.07) is 5.37. The van der Waals surface area contributed by atoms with Crippen LogP contribution in [0.5, 0.6) is 0 Å². The largest absolute Gasteiger partial charge is 0.398 e. The van der Waals surface area contributed by atoms with E-state index < -0.39 is 0 Å². The van der Waals surface area contributed by atoms with E-state index in [2.05, 4.69) is 13.8 Å². The van der Waals surface area contributed by atoms with Crippen LogP contribution in [0.15, 0.2) is 18.2 Å². The lowest BCUT2D eigenvalue weighted by Crippen LogP contribution is -2.38. The van der Waals surface area contributed by atoms with Crippen LogP contribution in [0.25, 0.3) is 0 Å². The molecule has 1 heterocycles. The molecule has 18 heavy (non-hydrogen) atoms. The van der Waals surface area contributed by atoms with Crippen LogP contribution < -0.4 is 5.73 Å². The molecule has 0 radical (unpaired) electrons. The van der Waals surface area contributed by atoms with Crippen LogP contribution in [-0.4, -0.2) is 23.4 Å². The fourth-order valence-electron chi connectivity index (χ4n) is 2.61. The monoisotopic (exact) mass is 266 g/mol. The maximum atomic E-state index is 12.5. The van der Waals surface area contributed by atoms with Crippen molar-refractivity contribution in [1.29, 1.82) is 0 Å². The van der Waals surface area contributed by atoms with E-state index in [0.717, 1.165) is 19.4 Å². The second-order valence-electron chi connectivity index (χ2n) is 5.18. The third-order valence-corrected chi connectivity index (χ3v) is 3.81. The molecular weight excluding hydrogens is 248 g/mol. The summed E-state index contributed by atoms with van der Waals surface area (Å²) in [7, 11) is 0. The van der Waals surface area contributed by atoms with Crippen LogP contribution in [0.3, 0.4) is 0 Å². The minimum Gasteiger partial charge on any atom is -0.398 e. The van der Waals surface area contributed by atoms with Crippen LogP contribution in [0.2, 0.25) is 5.02 Å². The van der Waals surface area contributed by atoms with Crippen molar-refractivity contribution in [1.82, 2.24) is 4.90 Å². The topological polar surface area (TPSA) is 46.3 Å². The molecular formula is C14H19ClN2O. The first-order valence-corrected chi connectivity index (χ1v) is 6.74. The lowest BCUT2D eigenvalue weighted by molar-refractivity contribution is 0.0702. The van der Waals surface area contributed by atoms with Gasteiger partial charge in [0.05, 0.1) is 5.56 Å². The lowest BCUT2D eigenvalue weighted by Gasteiger charge is -2.28. The minimum absolute atomic E-state index is 0.00574. The number of halogens is 1. The molecule has 4 heteroatoms. The molecule has 0 aliphatic carbocycles. The zero-order valence-corrected chi connectivity index (χ0v) is 11.6. The molecule has 1 atom stereocenters. The molecule has 0 bridgehead atoms. The van der Waals surface area contributed by atoms with E-state index in [1.54, 1.807) is 18.2 Å². The third-order valence-electron chi connectivity index (χ3n) is 3.58. The van der Waals surface area contributed by atoms with Crippen molar-refractivity contribution in [2.24, 2.45) is 5.92 Å².